The SMILES string of the molecule is C=C/C=C(\C=C(/C)Nc1cccc(O)c1)c1cc(C)nn1-c1cccc(C)c1. The first-order valence-electron chi connectivity index (χ1n) is 9.17. The molecule has 142 valence electrons. The Balaban J connectivity index is 1.99. The van der Waals surface area contributed by atoms with Gasteiger partial charge in [-0.25, -0.2) is 4.68 Å². The quantitative estimate of drug-likeness (QED) is 0.540. The minimum absolute atomic E-state index is 0.229. The number of anilines is 1. The number of phenolic OH excluding ortho intramolecular Hbond substituents is 1. The first-order valence-corrected chi connectivity index (χ1v) is 9.17. The smallest absolute Gasteiger partial charge is 0.117 e. The normalized spacial score (nSPS) is 12.1. The fourth-order valence-electron chi connectivity index (χ4n) is 3.08. The fraction of sp³-hybridized carbons (Fsp3) is 0.125. The van der Waals surface area contributed by atoms with Crippen molar-refractivity contribution in [1.29, 1.82) is 0 Å². The molecule has 0 atom stereocenters. The van der Waals surface area contributed by atoms with Crippen LogP contribution in [0.3, 0.4) is 0 Å². The molecule has 1 aromatic heterocycles. The zero-order chi connectivity index (χ0) is 20.1. The van der Waals surface area contributed by atoms with Crippen LogP contribution in [0.25, 0.3) is 11.3 Å². The summed E-state index contributed by atoms with van der Waals surface area (Å²) in [6, 6.07) is 17.4. The van der Waals surface area contributed by atoms with Gasteiger partial charge in [0.2, 0.25) is 0 Å². The fourth-order valence-corrected chi connectivity index (χ4v) is 3.08. The Labute approximate surface area is 166 Å². The number of benzene rings is 2. The lowest BCUT2D eigenvalue weighted by molar-refractivity contribution is 0.475. The van der Waals surface area contributed by atoms with Crippen LogP contribution in [0.1, 0.15) is 23.9 Å². The van der Waals surface area contributed by atoms with E-state index in [0.717, 1.165) is 34.0 Å². The van der Waals surface area contributed by atoms with Gasteiger partial charge in [0, 0.05) is 23.0 Å². The van der Waals surface area contributed by atoms with Crippen molar-refractivity contribution in [2.24, 2.45) is 0 Å². The number of nitrogens with one attached hydrogen (secondary N) is 1. The molecule has 3 rings (SSSR count). The zero-order valence-electron chi connectivity index (χ0n) is 16.5. The molecule has 4 nitrogen and oxygen atoms in total. The number of phenols is 1. The maximum absolute atomic E-state index is 9.66. The second-order valence-electron chi connectivity index (χ2n) is 6.78. The van der Waals surface area contributed by atoms with Gasteiger partial charge in [0.1, 0.15) is 5.75 Å². The molecule has 0 aliphatic carbocycles. The van der Waals surface area contributed by atoms with Crippen LogP contribution in [0.4, 0.5) is 5.69 Å². The Morgan fingerprint density at radius 1 is 1.11 bits per heavy atom. The van der Waals surface area contributed by atoms with Crippen molar-refractivity contribution in [1.82, 2.24) is 9.78 Å². The molecular weight excluding hydrogens is 346 g/mol. The molecule has 0 saturated heterocycles. The standard InChI is InChI=1S/C24H25N3O/c1-5-8-20(14-18(3)25-21-10-7-12-23(28)16-21)24-15-19(4)26-27(24)22-11-6-9-17(2)13-22/h5-16,25,28H,1H2,2-4H3/b18-14+,20-8+. The van der Waals surface area contributed by atoms with Gasteiger partial charge in [0.15, 0.2) is 0 Å². The summed E-state index contributed by atoms with van der Waals surface area (Å²) in [6.07, 6.45) is 5.79. The van der Waals surface area contributed by atoms with Gasteiger partial charge in [-0.05, 0) is 62.7 Å². The van der Waals surface area contributed by atoms with Crippen molar-refractivity contribution in [2.45, 2.75) is 20.8 Å². The molecule has 1 heterocycles. The van der Waals surface area contributed by atoms with E-state index in [9.17, 15) is 5.11 Å². The molecule has 0 saturated carbocycles. The Morgan fingerprint density at radius 3 is 2.61 bits per heavy atom. The van der Waals surface area contributed by atoms with Crippen molar-refractivity contribution in [3.8, 4) is 11.4 Å². The average molecular weight is 371 g/mol. The van der Waals surface area contributed by atoms with Crippen LogP contribution in [0.5, 0.6) is 5.75 Å². The number of allylic oxidation sites excluding steroid dienone is 5. The first-order chi connectivity index (χ1) is 13.5. The molecule has 4 heteroatoms. The molecule has 0 spiro atoms. The lowest BCUT2D eigenvalue weighted by atomic mass is 10.1. The number of hydrogen-bond donors (Lipinski definition) is 2. The molecule has 0 radical (unpaired) electrons. The van der Waals surface area contributed by atoms with E-state index >= 15 is 0 Å². The van der Waals surface area contributed by atoms with Gasteiger partial charge in [0.05, 0.1) is 17.1 Å². The summed E-state index contributed by atoms with van der Waals surface area (Å²) >= 11 is 0. The highest BCUT2D eigenvalue weighted by atomic mass is 16.3. The monoisotopic (exact) mass is 371 g/mol. The summed E-state index contributed by atoms with van der Waals surface area (Å²) in [4.78, 5) is 0. The third-order valence-corrected chi connectivity index (χ3v) is 4.23. The summed E-state index contributed by atoms with van der Waals surface area (Å²) in [5, 5.41) is 17.7. The summed E-state index contributed by atoms with van der Waals surface area (Å²) in [5.74, 6) is 0.229. The number of aromatic hydroxyl groups is 1. The molecule has 28 heavy (non-hydrogen) atoms. The predicted molar refractivity (Wildman–Crippen MR) is 117 cm³/mol. The number of hydrogen-bond acceptors (Lipinski definition) is 3. The Kier molecular flexibility index (Phi) is 5.80. The van der Waals surface area contributed by atoms with Crippen molar-refractivity contribution >= 4 is 11.3 Å². The first kappa shape index (κ1) is 19.2. The third kappa shape index (κ3) is 4.60. The van der Waals surface area contributed by atoms with Crippen LogP contribution in [0.15, 0.2) is 85.1 Å². The van der Waals surface area contributed by atoms with Crippen LogP contribution >= 0.6 is 0 Å². The van der Waals surface area contributed by atoms with E-state index in [4.69, 9.17) is 0 Å². The van der Waals surface area contributed by atoms with Crippen LogP contribution in [-0.2, 0) is 0 Å². The van der Waals surface area contributed by atoms with Gasteiger partial charge >= 0.3 is 0 Å². The average Bonchev–Trinajstić information content (AvgIpc) is 3.03. The molecule has 0 amide bonds. The maximum atomic E-state index is 9.66. The molecule has 3 aromatic rings. The van der Waals surface area contributed by atoms with Crippen LogP contribution in [0.2, 0.25) is 0 Å². The lowest BCUT2D eigenvalue weighted by Crippen LogP contribution is -2.03. The minimum atomic E-state index is 0.229. The highest BCUT2D eigenvalue weighted by Gasteiger charge is 2.11. The molecule has 0 bridgehead atoms. The summed E-state index contributed by atoms with van der Waals surface area (Å²) in [6.45, 7) is 9.91. The van der Waals surface area contributed by atoms with Crippen LogP contribution in [0, 0.1) is 13.8 Å². The Morgan fingerprint density at radius 2 is 1.89 bits per heavy atom. The number of aromatic nitrogens is 2. The van der Waals surface area contributed by atoms with Crippen LogP contribution < -0.4 is 5.32 Å². The van der Waals surface area contributed by atoms with E-state index in [0.29, 0.717) is 0 Å². The van der Waals surface area contributed by atoms with Gasteiger partial charge < -0.3 is 10.4 Å². The highest BCUT2D eigenvalue weighted by Crippen LogP contribution is 2.24. The topological polar surface area (TPSA) is 50.1 Å². The van der Waals surface area contributed by atoms with Crippen molar-refractivity contribution < 1.29 is 5.11 Å². The number of nitrogens with zero attached hydrogens (tertiary/aromatic N) is 2. The zero-order valence-corrected chi connectivity index (χ0v) is 16.5. The molecule has 0 unspecified atom stereocenters. The molecule has 0 aliphatic heterocycles. The van der Waals surface area contributed by atoms with E-state index in [1.54, 1.807) is 18.2 Å². The maximum Gasteiger partial charge on any atom is 0.117 e. The number of rotatable bonds is 6. The highest BCUT2D eigenvalue weighted by molar-refractivity contribution is 5.76. The van der Waals surface area contributed by atoms with Gasteiger partial charge in [-0.15, -0.1) is 0 Å². The second-order valence-corrected chi connectivity index (χ2v) is 6.78. The summed E-state index contributed by atoms with van der Waals surface area (Å²) in [7, 11) is 0. The summed E-state index contributed by atoms with van der Waals surface area (Å²) in [5.41, 5.74) is 6.89. The van der Waals surface area contributed by atoms with E-state index in [-0.39, 0.29) is 5.75 Å². The van der Waals surface area contributed by atoms with E-state index in [1.807, 2.05) is 42.8 Å². The van der Waals surface area contributed by atoms with Crippen molar-refractivity contribution in [3.05, 3.63) is 102 Å². The molecule has 2 N–H and O–H groups in total. The van der Waals surface area contributed by atoms with Crippen molar-refractivity contribution in [3.63, 3.8) is 0 Å². The summed E-state index contributed by atoms with van der Waals surface area (Å²) < 4.78 is 1.95. The number of aryl methyl sites for hydroxylation is 2. The molecule has 0 aliphatic rings. The molecular formula is C24H25N3O. The van der Waals surface area contributed by atoms with Gasteiger partial charge in [-0.1, -0.05) is 36.9 Å². The lowest BCUT2D eigenvalue weighted by Gasteiger charge is -2.11. The van der Waals surface area contributed by atoms with E-state index < -0.39 is 0 Å². The Bertz CT molecular complexity index is 1060. The largest absolute Gasteiger partial charge is 0.508 e. The van der Waals surface area contributed by atoms with Gasteiger partial charge in [0.25, 0.3) is 0 Å². The van der Waals surface area contributed by atoms with Gasteiger partial charge in [-0.3, -0.25) is 0 Å². The van der Waals surface area contributed by atoms with Crippen LogP contribution in [-0.4, -0.2) is 14.9 Å². The second kappa shape index (κ2) is 8.44. The predicted octanol–water partition coefficient (Wildman–Crippen LogP) is 5.78. The van der Waals surface area contributed by atoms with E-state index in [1.165, 1.54) is 5.56 Å². The third-order valence-electron chi connectivity index (χ3n) is 4.23. The molecule has 2 aromatic carbocycles. The molecule has 0 fully saturated rings. The Hall–Kier alpha value is -3.53. The van der Waals surface area contributed by atoms with Gasteiger partial charge in [-0.2, -0.15) is 5.10 Å². The van der Waals surface area contributed by atoms with Crippen molar-refractivity contribution in [2.75, 3.05) is 5.32 Å². The van der Waals surface area contributed by atoms with E-state index in [2.05, 4.69) is 54.3 Å². The minimum Gasteiger partial charge on any atom is -0.508 e.